The van der Waals surface area contributed by atoms with Crippen LogP contribution in [0.2, 0.25) is 5.02 Å². The minimum atomic E-state index is 0.390. The zero-order chi connectivity index (χ0) is 14.4. The van der Waals surface area contributed by atoms with Gasteiger partial charge in [0.25, 0.3) is 0 Å². The number of hydrogen-bond donors (Lipinski definition) is 1. The second-order valence-electron chi connectivity index (χ2n) is 4.92. The van der Waals surface area contributed by atoms with E-state index in [1.165, 1.54) is 11.1 Å². The maximum atomic E-state index is 5.89. The van der Waals surface area contributed by atoms with E-state index in [1.807, 2.05) is 30.3 Å². The summed E-state index contributed by atoms with van der Waals surface area (Å²) >= 11 is 5.89. The summed E-state index contributed by atoms with van der Waals surface area (Å²) in [5, 5.41) is 4.30. The van der Waals surface area contributed by atoms with Crippen LogP contribution in [0.15, 0.2) is 48.5 Å². The van der Waals surface area contributed by atoms with E-state index < -0.39 is 0 Å². The third kappa shape index (κ3) is 4.26. The van der Waals surface area contributed by atoms with Crippen molar-refractivity contribution in [3.05, 3.63) is 64.7 Å². The fourth-order valence-corrected chi connectivity index (χ4v) is 2.31. The average molecular weight is 290 g/mol. The van der Waals surface area contributed by atoms with Crippen molar-refractivity contribution >= 4 is 11.6 Å². The highest BCUT2D eigenvalue weighted by Gasteiger charge is 2.06. The Kier molecular flexibility index (Phi) is 5.45. The Bertz CT molecular complexity index is 539. The number of nitrogens with one attached hydrogen (secondary N) is 1. The minimum Gasteiger partial charge on any atom is -0.496 e. The molecule has 0 amide bonds. The van der Waals surface area contributed by atoms with E-state index in [-0.39, 0.29) is 0 Å². The highest BCUT2D eigenvalue weighted by atomic mass is 35.5. The summed E-state index contributed by atoms with van der Waals surface area (Å²) < 4.78 is 5.35. The van der Waals surface area contributed by atoms with Gasteiger partial charge in [0.2, 0.25) is 0 Å². The molecule has 0 bridgehead atoms. The van der Waals surface area contributed by atoms with Crippen LogP contribution < -0.4 is 10.1 Å². The van der Waals surface area contributed by atoms with Gasteiger partial charge < -0.3 is 10.1 Å². The number of rotatable bonds is 6. The van der Waals surface area contributed by atoms with Gasteiger partial charge in [-0.15, -0.1) is 0 Å². The summed E-state index contributed by atoms with van der Waals surface area (Å²) in [6.07, 6.45) is 0.978. The van der Waals surface area contributed by atoms with Crippen molar-refractivity contribution in [1.29, 1.82) is 0 Å². The maximum Gasteiger partial charge on any atom is 0.123 e. The van der Waals surface area contributed by atoms with E-state index in [4.69, 9.17) is 16.3 Å². The van der Waals surface area contributed by atoms with Crippen LogP contribution >= 0.6 is 11.6 Å². The lowest BCUT2D eigenvalue weighted by atomic mass is 10.1. The summed E-state index contributed by atoms with van der Waals surface area (Å²) in [6, 6.07) is 16.5. The van der Waals surface area contributed by atoms with E-state index in [0.717, 1.165) is 23.7 Å². The van der Waals surface area contributed by atoms with Gasteiger partial charge in [-0.25, -0.2) is 0 Å². The van der Waals surface area contributed by atoms with E-state index >= 15 is 0 Å². The molecule has 0 saturated carbocycles. The lowest BCUT2D eigenvalue weighted by Crippen LogP contribution is -2.27. The van der Waals surface area contributed by atoms with Crippen LogP contribution in [0.3, 0.4) is 0 Å². The number of halogens is 1. The predicted octanol–water partition coefficient (Wildman–Crippen LogP) is 4.07. The molecule has 3 heteroatoms. The molecule has 0 heterocycles. The highest BCUT2D eigenvalue weighted by Crippen LogP contribution is 2.17. The number of methoxy groups -OCH3 is 1. The molecule has 20 heavy (non-hydrogen) atoms. The van der Waals surface area contributed by atoms with Crippen molar-refractivity contribution in [1.82, 2.24) is 5.32 Å². The van der Waals surface area contributed by atoms with Crippen molar-refractivity contribution in [3.63, 3.8) is 0 Å². The zero-order valence-corrected chi connectivity index (χ0v) is 12.7. The van der Waals surface area contributed by atoms with Crippen LogP contribution in [0.5, 0.6) is 5.75 Å². The SMILES string of the molecule is COc1ccccc1CNC(C)Cc1ccc(Cl)cc1. The molecule has 0 radical (unpaired) electrons. The number of hydrogen-bond acceptors (Lipinski definition) is 2. The fraction of sp³-hybridized carbons (Fsp3) is 0.294. The van der Waals surface area contributed by atoms with E-state index in [2.05, 4.69) is 30.4 Å². The van der Waals surface area contributed by atoms with Crippen LogP contribution in [-0.2, 0) is 13.0 Å². The first-order valence-electron chi connectivity index (χ1n) is 6.79. The number of benzene rings is 2. The topological polar surface area (TPSA) is 21.3 Å². The van der Waals surface area contributed by atoms with E-state index in [9.17, 15) is 0 Å². The summed E-state index contributed by atoms with van der Waals surface area (Å²) in [5.74, 6) is 0.929. The standard InChI is InChI=1S/C17H20ClNO/c1-13(11-14-7-9-16(18)10-8-14)19-12-15-5-3-4-6-17(15)20-2/h3-10,13,19H,11-12H2,1-2H3. The smallest absolute Gasteiger partial charge is 0.123 e. The second-order valence-corrected chi connectivity index (χ2v) is 5.36. The highest BCUT2D eigenvalue weighted by molar-refractivity contribution is 6.30. The van der Waals surface area contributed by atoms with Gasteiger partial charge >= 0.3 is 0 Å². The molecule has 0 aliphatic carbocycles. The Balaban J connectivity index is 1.88. The van der Waals surface area contributed by atoms with Gasteiger partial charge in [-0.2, -0.15) is 0 Å². The third-order valence-electron chi connectivity index (χ3n) is 3.29. The molecule has 0 aliphatic heterocycles. The predicted molar refractivity (Wildman–Crippen MR) is 84.5 cm³/mol. The van der Waals surface area contributed by atoms with Crippen molar-refractivity contribution < 1.29 is 4.74 Å². The quantitative estimate of drug-likeness (QED) is 0.865. The molecule has 0 fully saturated rings. The van der Waals surface area contributed by atoms with E-state index in [0.29, 0.717) is 6.04 Å². The molecule has 2 aromatic carbocycles. The largest absolute Gasteiger partial charge is 0.496 e. The Labute approximate surface area is 125 Å². The van der Waals surface area contributed by atoms with Crippen molar-refractivity contribution in [3.8, 4) is 5.75 Å². The minimum absolute atomic E-state index is 0.390. The Morgan fingerprint density at radius 1 is 1.10 bits per heavy atom. The van der Waals surface area contributed by atoms with Crippen LogP contribution in [0.25, 0.3) is 0 Å². The molecule has 2 aromatic rings. The maximum absolute atomic E-state index is 5.89. The van der Waals surface area contributed by atoms with Crippen molar-refractivity contribution in [2.45, 2.75) is 25.9 Å². The fourth-order valence-electron chi connectivity index (χ4n) is 2.18. The molecule has 0 aliphatic rings. The molecule has 0 aromatic heterocycles. The lowest BCUT2D eigenvalue weighted by molar-refractivity contribution is 0.405. The van der Waals surface area contributed by atoms with Crippen LogP contribution in [0.1, 0.15) is 18.1 Å². The van der Waals surface area contributed by atoms with Crippen LogP contribution in [0.4, 0.5) is 0 Å². The Morgan fingerprint density at radius 3 is 2.50 bits per heavy atom. The van der Waals surface area contributed by atoms with Gasteiger partial charge in [0.15, 0.2) is 0 Å². The molecule has 2 nitrogen and oxygen atoms in total. The summed E-state index contributed by atoms with van der Waals surface area (Å²) in [4.78, 5) is 0. The summed E-state index contributed by atoms with van der Waals surface area (Å²) in [7, 11) is 1.70. The molecule has 1 N–H and O–H groups in total. The molecular formula is C17H20ClNO. The molecule has 0 spiro atoms. The number of ether oxygens (including phenoxy) is 1. The van der Waals surface area contributed by atoms with Crippen LogP contribution in [-0.4, -0.2) is 13.2 Å². The zero-order valence-electron chi connectivity index (χ0n) is 11.9. The van der Waals surface area contributed by atoms with Crippen LogP contribution in [0, 0.1) is 0 Å². The monoisotopic (exact) mass is 289 g/mol. The number of para-hydroxylation sites is 1. The molecule has 2 rings (SSSR count). The summed E-state index contributed by atoms with van der Waals surface area (Å²) in [6.45, 7) is 2.99. The van der Waals surface area contributed by atoms with Gasteiger partial charge in [-0.1, -0.05) is 41.9 Å². The van der Waals surface area contributed by atoms with Gasteiger partial charge in [0, 0.05) is 23.2 Å². The van der Waals surface area contributed by atoms with Gasteiger partial charge in [-0.05, 0) is 37.1 Å². The van der Waals surface area contributed by atoms with Crippen molar-refractivity contribution in [2.75, 3.05) is 7.11 Å². The molecular weight excluding hydrogens is 270 g/mol. The molecule has 1 unspecified atom stereocenters. The van der Waals surface area contributed by atoms with Crippen molar-refractivity contribution in [2.24, 2.45) is 0 Å². The summed E-state index contributed by atoms with van der Waals surface area (Å²) in [5.41, 5.74) is 2.47. The Morgan fingerprint density at radius 2 is 1.80 bits per heavy atom. The molecule has 106 valence electrons. The molecule has 1 atom stereocenters. The first kappa shape index (κ1) is 14.9. The molecule has 0 saturated heterocycles. The lowest BCUT2D eigenvalue weighted by Gasteiger charge is -2.15. The van der Waals surface area contributed by atoms with Gasteiger partial charge in [0.05, 0.1) is 7.11 Å². The van der Waals surface area contributed by atoms with E-state index in [1.54, 1.807) is 7.11 Å². The van der Waals surface area contributed by atoms with Gasteiger partial charge in [-0.3, -0.25) is 0 Å². The Hall–Kier alpha value is -1.51. The van der Waals surface area contributed by atoms with Gasteiger partial charge in [0.1, 0.15) is 5.75 Å². The second kappa shape index (κ2) is 7.32. The normalized spacial score (nSPS) is 12.2. The first-order valence-corrected chi connectivity index (χ1v) is 7.16. The third-order valence-corrected chi connectivity index (χ3v) is 3.54. The first-order chi connectivity index (χ1) is 9.69. The average Bonchev–Trinajstić information content (AvgIpc) is 2.48.